The minimum atomic E-state index is -1.27. The zero-order valence-corrected chi connectivity index (χ0v) is 18.9. The molecule has 2 saturated carbocycles. The number of aryl methyl sites for hydroxylation is 1. The first kappa shape index (κ1) is 21.2. The number of rotatable bonds is 3. The van der Waals surface area contributed by atoms with E-state index < -0.39 is 11.4 Å². The molecule has 4 nitrogen and oxygen atoms in total. The molecule has 0 bridgehead atoms. The Hall–Kier alpha value is -2.69. The summed E-state index contributed by atoms with van der Waals surface area (Å²) in [6.45, 7) is 3.79. The van der Waals surface area contributed by atoms with E-state index in [1.807, 2.05) is 32.0 Å². The van der Waals surface area contributed by atoms with Crippen LogP contribution in [0.5, 0.6) is 0 Å². The predicted molar refractivity (Wildman–Crippen MR) is 123 cm³/mol. The molecule has 1 unspecified atom stereocenters. The molecule has 168 valence electrons. The van der Waals surface area contributed by atoms with E-state index in [9.17, 15) is 14.0 Å². The van der Waals surface area contributed by atoms with Gasteiger partial charge in [-0.05, 0) is 74.4 Å². The fourth-order valence-electron chi connectivity index (χ4n) is 5.53. The predicted octanol–water partition coefficient (Wildman–Crippen LogP) is 5.47. The maximum absolute atomic E-state index is 14.6. The van der Waals surface area contributed by atoms with Crippen molar-refractivity contribution in [1.29, 1.82) is 0 Å². The minimum absolute atomic E-state index is 0.00393. The molecule has 2 amide bonds. The van der Waals surface area contributed by atoms with Gasteiger partial charge in [0.05, 0.1) is 0 Å². The minimum Gasteiger partial charge on any atom is -0.351 e. The van der Waals surface area contributed by atoms with Crippen LogP contribution in [-0.2, 0) is 10.3 Å². The highest BCUT2D eigenvalue weighted by molar-refractivity contribution is 6.07. The van der Waals surface area contributed by atoms with E-state index in [1.165, 1.54) is 25.0 Å². The molecule has 0 aromatic heterocycles. The first-order valence-corrected chi connectivity index (χ1v) is 12.0. The summed E-state index contributed by atoms with van der Waals surface area (Å²) in [6.07, 6.45) is 8.22. The topological polar surface area (TPSA) is 49.4 Å². The molecule has 3 aliphatic rings. The van der Waals surface area contributed by atoms with Gasteiger partial charge in [0.25, 0.3) is 11.8 Å². The summed E-state index contributed by atoms with van der Waals surface area (Å²) < 4.78 is 14.6. The Balaban J connectivity index is 1.67. The highest BCUT2D eigenvalue weighted by atomic mass is 19.1. The number of nitrogens with one attached hydrogen (secondary N) is 1. The molecule has 1 aliphatic heterocycles. The highest BCUT2D eigenvalue weighted by Gasteiger charge is 2.53. The number of amides is 2. The van der Waals surface area contributed by atoms with Gasteiger partial charge in [0.1, 0.15) is 11.4 Å². The Kier molecular flexibility index (Phi) is 5.31. The number of hydrogen-bond acceptors (Lipinski definition) is 2. The number of carbonyl (C=O) groups is 2. The van der Waals surface area contributed by atoms with E-state index in [-0.39, 0.29) is 23.9 Å². The van der Waals surface area contributed by atoms with Crippen LogP contribution in [0.15, 0.2) is 36.4 Å². The fourth-order valence-corrected chi connectivity index (χ4v) is 5.53. The molecule has 0 radical (unpaired) electrons. The summed E-state index contributed by atoms with van der Waals surface area (Å²) in [6, 6.07) is 10.5. The third-order valence-corrected chi connectivity index (χ3v) is 7.45. The number of carbonyl (C=O) groups excluding carboxylic acids is 2. The van der Waals surface area contributed by atoms with Gasteiger partial charge in [0.15, 0.2) is 0 Å². The van der Waals surface area contributed by atoms with Gasteiger partial charge in [0.2, 0.25) is 0 Å². The summed E-state index contributed by atoms with van der Waals surface area (Å²) in [5.41, 5.74) is 2.46. The molecule has 1 heterocycles. The number of fused-ring (bicyclic) bond motifs is 3. The second-order valence-corrected chi connectivity index (χ2v) is 9.88. The summed E-state index contributed by atoms with van der Waals surface area (Å²) >= 11 is 0. The smallest absolute Gasteiger partial charge is 0.255 e. The van der Waals surface area contributed by atoms with Crippen molar-refractivity contribution < 1.29 is 14.0 Å². The van der Waals surface area contributed by atoms with Crippen molar-refractivity contribution in [1.82, 2.24) is 10.2 Å². The third-order valence-electron chi connectivity index (χ3n) is 7.45. The molecule has 5 heteroatoms. The fraction of sp³-hybridized carbons (Fsp3) is 0.481. The van der Waals surface area contributed by atoms with E-state index in [0.29, 0.717) is 11.1 Å². The standard InChI is InChI=1S/C27H31FN2O2/c1-17-9-13-22-23(15-17)21-14-10-18(28)16-24(21)27(2,30(25(22)31)20-11-12-20)26(32)29-19-7-5-3-4-6-8-19/h9-10,13-16,19-20H,3-8,11-12H2,1-2H3,(H,29,32). The lowest BCUT2D eigenvalue weighted by molar-refractivity contribution is -0.133. The molecular weight excluding hydrogens is 403 g/mol. The lowest BCUT2D eigenvalue weighted by Gasteiger charge is -2.41. The number of halogens is 1. The molecule has 32 heavy (non-hydrogen) atoms. The van der Waals surface area contributed by atoms with Crippen LogP contribution in [-0.4, -0.2) is 28.8 Å². The van der Waals surface area contributed by atoms with Gasteiger partial charge in [-0.25, -0.2) is 4.39 Å². The van der Waals surface area contributed by atoms with Crippen molar-refractivity contribution in [2.45, 2.75) is 82.8 Å². The highest BCUT2D eigenvalue weighted by Crippen LogP contribution is 2.47. The number of benzene rings is 2. The molecule has 2 aromatic rings. The van der Waals surface area contributed by atoms with Crippen LogP contribution >= 0.6 is 0 Å². The lowest BCUT2D eigenvalue weighted by Crippen LogP contribution is -2.58. The Bertz CT molecular complexity index is 1070. The normalized spacial score (nSPS) is 23.7. The quantitative estimate of drug-likeness (QED) is 0.651. The largest absolute Gasteiger partial charge is 0.351 e. The van der Waals surface area contributed by atoms with Gasteiger partial charge in [-0.1, -0.05) is 49.4 Å². The van der Waals surface area contributed by atoms with Crippen LogP contribution in [0.25, 0.3) is 11.1 Å². The summed E-state index contributed by atoms with van der Waals surface area (Å²) in [5, 5.41) is 3.27. The zero-order valence-electron chi connectivity index (χ0n) is 18.9. The van der Waals surface area contributed by atoms with Crippen LogP contribution in [0.3, 0.4) is 0 Å². The third kappa shape index (κ3) is 3.52. The first-order chi connectivity index (χ1) is 15.4. The van der Waals surface area contributed by atoms with Crippen LogP contribution in [0, 0.1) is 12.7 Å². The van der Waals surface area contributed by atoms with Crippen LogP contribution in [0.1, 0.15) is 79.8 Å². The maximum Gasteiger partial charge on any atom is 0.255 e. The van der Waals surface area contributed by atoms with Crippen molar-refractivity contribution in [3.63, 3.8) is 0 Å². The van der Waals surface area contributed by atoms with E-state index in [2.05, 4.69) is 5.32 Å². The Morgan fingerprint density at radius 1 is 0.969 bits per heavy atom. The molecule has 2 aromatic carbocycles. The second kappa shape index (κ2) is 8.02. The number of nitrogens with zero attached hydrogens (tertiary/aromatic N) is 1. The first-order valence-electron chi connectivity index (χ1n) is 12.0. The molecular formula is C27H31FN2O2. The summed E-state index contributed by atoms with van der Waals surface area (Å²) in [5.74, 6) is -0.727. The molecule has 1 atom stereocenters. The molecule has 2 fully saturated rings. The average molecular weight is 435 g/mol. The average Bonchev–Trinajstić information content (AvgIpc) is 3.61. The van der Waals surface area contributed by atoms with Gasteiger partial charge in [0, 0.05) is 17.6 Å². The molecule has 0 spiro atoms. The van der Waals surface area contributed by atoms with Gasteiger partial charge in [-0.15, -0.1) is 0 Å². The monoisotopic (exact) mass is 434 g/mol. The molecule has 0 saturated heterocycles. The molecule has 5 rings (SSSR count). The molecule has 2 aliphatic carbocycles. The van der Waals surface area contributed by atoms with Crippen molar-refractivity contribution in [3.8, 4) is 11.1 Å². The van der Waals surface area contributed by atoms with Gasteiger partial charge in [-0.3, -0.25) is 9.59 Å². The second-order valence-electron chi connectivity index (χ2n) is 9.88. The maximum atomic E-state index is 14.6. The van der Waals surface area contributed by atoms with Crippen LogP contribution < -0.4 is 5.32 Å². The SMILES string of the molecule is Cc1ccc2c(c1)-c1ccc(F)cc1C(C)(C(=O)NC1CCCCCC1)N(C1CC1)C2=O. The Morgan fingerprint density at radius 3 is 2.34 bits per heavy atom. The summed E-state index contributed by atoms with van der Waals surface area (Å²) in [4.78, 5) is 29.7. The van der Waals surface area contributed by atoms with Crippen molar-refractivity contribution in [3.05, 3.63) is 58.9 Å². The molecule has 1 N–H and O–H groups in total. The number of hydrogen-bond donors (Lipinski definition) is 1. The van der Waals surface area contributed by atoms with Crippen LogP contribution in [0.2, 0.25) is 0 Å². The lowest BCUT2D eigenvalue weighted by atomic mass is 9.83. The van der Waals surface area contributed by atoms with E-state index >= 15 is 0 Å². The summed E-state index contributed by atoms with van der Waals surface area (Å²) in [7, 11) is 0. The Labute approximate surface area is 189 Å². The van der Waals surface area contributed by atoms with Crippen molar-refractivity contribution in [2.24, 2.45) is 0 Å². The van der Waals surface area contributed by atoms with Crippen LogP contribution in [0.4, 0.5) is 4.39 Å². The zero-order chi connectivity index (χ0) is 22.5. The van der Waals surface area contributed by atoms with E-state index in [1.54, 1.807) is 11.0 Å². The van der Waals surface area contributed by atoms with Crippen molar-refractivity contribution in [2.75, 3.05) is 0 Å². The van der Waals surface area contributed by atoms with Gasteiger partial charge < -0.3 is 10.2 Å². The van der Waals surface area contributed by atoms with Crippen molar-refractivity contribution >= 4 is 11.8 Å². The van der Waals surface area contributed by atoms with E-state index in [0.717, 1.165) is 55.2 Å². The van der Waals surface area contributed by atoms with Gasteiger partial charge in [-0.2, -0.15) is 0 Å². The van der Waals surface area contributed by atoms with E-state index in [4.69, 9.17) is 0 Å². The Morgan fingerprint density at radius 2 is 1.66 bits per heavy atom. The van der Waals surface area contributed by atoms with Gasteiger partial charge >= 0.3 is 0 Å².